The predicted molar refractivity (Wildman–Crippen MR) is 81.7 cm³/mol. The molecule has 4 aliphatic rings. The fourth-order valence-electron chi connectivity index (χ4n) is 6.65. The van der Waals surface area contributed by atoms with E-state index in [1.807, 2.05) is 6.08 Å². The first kappa shape index (κ1) is 14.8. The van der Waals surface area contributed by atoms with Crippen LogP contribution in [0.15, 0.2) is 11.6 Å². The average molecular weight is 308 g/mol. The van der Waals surface area contributed by atoms with Crippen molar-refractivity contribution in [1.29, 1.82) is 0 Å². The van der Waals surface area contributed by atoms with Crippen molar-refractivity contribution < 1.29 is 13.6 Å². The summed E-state index contributed by atoms with van der Waals surface area (Å²) in [6, 6.07) is 0. The van der Waals surface area contributed by atoms with Gasteiger partial charge in [0.15, 0.2) is 5.78 Å². The van der Waals surface area contributed by atoms with Crippen molar-refractivity contribution in [1.82, 2.24) is 0 Å². The van der Waals surface area contributed by atoms with Crippen LogP contribution in [0.2, 0.25) is 0 Å². The van der Waals surface area contributed by atoms with E-state index in [-0.39, 0.29) is 17.1 Å². The van der Waals surface area contributed by atoms with Gasteiger partial charge >= 0.3 is 0 Å². The van der Waals surface area contributed by atoms with Crippen molar-refractivity contribution in [2.24, 2.45) is 28.6 Å². The van der Waals surface area contributed by atoms with Crippen LogP contribution < -0.4 is 0 Å². The van der Waals surface area contributed by atoms with Gasteiger partial charge < -0.3 is 0 Å². The van der Waals surface area contributed by atoms with Crippen molar-refractivity contribution in [3.05, 3.63) is 11.6 Å². The lowest BCUT2D eigenvalue weighted by Gasteiger charge is -2.57. The summed E-state index contributed by atoms with van der Waals surface area (Å²) < 4.78 is 27.7. The Bertz CT molecular complexity index is 526. The Labute approximate surface area is 131 Å². The molecule has 0 spiro atoms. The Morgan fingerprint density at radius 3 is 2.68 bits per heavy atom. The highest BCUT2D eigenvalue weighted by Gasteiger charge is 2.60. The summed E-state index contributed by atoms with van der Waals surface area (Å²) in [6.07, 6.45) is 7.66. The van der Waals surface area contributed by atoms with Gasteiger partial charge in [-0.1, -0.05) is 18.9 Å². The summed E-state index contributed by atoms with van der Waals surface area (Å²) in [4.78, 5) is 11.8. The molecule has 3 fully saturated rings. The van der Waals surface area contributed by atoms with E-state index in [2.05, 4.69) is 6.92 Å². The molecular formula is C19H26F2O. The number of fused-ring (bicyclic) bond motifs is 5. The Kier molecular flexibility index (Phi) is 3.29. The lowest BCUT2D eigenvalue weighted by molar-refractivity contribution is -0.124. The number of allylic oxidation sites excluding steroid dienone is 1. The Morgan fingerprint density at radius 2 is 1.91 bits per heavy atom. The van der Waals surface area contributed by atoms with E-state index in [0.29, 0.717) is 24.7 Å². The minimum absolute atomic E-state index is 0.105. The molecule has 122 valence electrons. The van der Waals surface area contributed by atoms with Gasteiger partial charge in [0.1, 0.15) is 0 Å². The van der Waals surface area contributed by atoms with E-state index < -0.39 is 11.8 Å². The molecule has 0 aromatic carbocycles. The van der Waals surface area contributed by atoms with Crippen molar-refractivity contribution in [2.75, 3.05) is 0 Å². The largest absolute Gasteiger partial charge is 0.295 e. The van der Waals surface area contributed by atoms with Crippen LogP contribution in [0, 0.1) is 28.6 Å². The highest BCUT2D eigenvalue weighted by Crippen LogP contribution is 2.66. The number of halogens is 2. The summed E-state index contributed by atoms with van der Waals surface area (Å²) in [7, 11) is 0. The molecule has 0 aromatic heterocycles. The summed E-state index contributed by atoms with van der Waals surface area (Å²) in [6.45, 7) is 2.31. The van der Waals surface area contributed by atoms with Gasteiger partial charge in [-0.25, -0.2) is 8.78 Å². The van der Waals surface area contributed by atoms with Gasteiger partial charge in [0.2, 0.25) is 6.43 Å². The smallest absolute Gasteiger partial charge is 0.244 e. The molecule has 1 nitrogen and oxygen atoms in total. The quantitative estimate of drug-likeness (QED) is 0.654. The number of ketones is 1. The number of hydrogen-bond donors (Lipinski definition) is 0. The number of carbonyl (C=O) groups is 1. The van der Waals surface area contributed by atoms with E-state index >= 15 is 0 Å². The molecule has 0 aliphatic heterocycles. The maximum atomic E-state index is 13.8. The normalized spacial score (nSPS) is 47.7. The average Bonchev–Trinajstić information content (AvgIpc) is 2.93. The number of hydrogen-bond acceptors (Lipinski definition) is 1. The van der Waals surface area contributed by atoms with E-state index in [0.717, 1.165) is 44.9 Å². The van der Waals surface area contributed by atoms with Crippen LogP contribution in [0.4, 0.5) is 8.78 Å². The highest BCUT2D eigenvalue weighted by molar-refractivity contribution is 5.91. The minimum Gasteiger partial charge on any atom is -0.295 e. The molecule has 22 heavy (non-hydrogen) atoms. The predicted octanol–water partition coefficient (Wildman–Crippen LogP) is 5.15. The van der Waals surface area contributed by atoms with E-state index in [1.54, 1.807) is 0 Å². The van der Waals surface area contributed by atoms with Crippen molar-refractivity contribution in [2.45, 2.75) is 71.1 Å². The van der Waals surface area contributed by atoms with Gasteiger partial charge in [0.05, 0.1) is 0 Å². The second kappa shape index (κ2) is 4.88. The summed E-state index contributed by atoms with van der Waals surface area (Å²) in [5.74, 6) is 1.47. The van der Waals surface area contributed by atoms with Gasteiger partial charge in [-0.2, -0.15) is 0 Å². The van der Waals surface area contributed by atoms with Gasteiger partial charge in [-0.3, -0.25) is 4.79 Å². The molecular weight excluding hydrogens is 282 g/mol. The molecule has 0 radical (unpaired) electrons. The Morgan fingerprint density at radius 1 is 1.09 bits per heavy atom. The molecule has 0 unspecified atom stereocenters. The van der Waals surface area contributed by atoms with Crippen molar-refractivity contribution in [3.63, 3.8) is 0 Å². The third-order valence-electron chi connectivity index (χ3n) is 7.81. The third kappa shape index (κ3) is 1.83. The zero-order valence-corrected chi connectivity index (χ0v) is 13.4. The molecule has 4 aliphatic carbocycles. The van der Waals surface area contributed by atoms with Crippen LogP contribution in [0.5, 0.6) is 0 Å². The van der Waals surface area contributed by atoms with Gasteiger partial charge in [-0.05, 0) is 74.2 Å². The molecule has 3 heteroatoms. The third-order valence-corrected chi connectivity index (χ3v) is 7.81. The topological polar surface area (TPSA) is 17.1 Å². The van der Waals surface area contributed by atoms with Gasteiger partial charge in [0.25, 0.3) is 0 Å². The molecule has 3 saturated carbocycles. The Balaban J connectivity index is 1.69. The van der Waals surface area contributed by atoms with Crippen LogP contribution in [-0.4, -0.2) is 12.2 Å². The van der Waals surface area contributed by atoms with E-state index in [4.69, 9.17) is 0 Å². The number of alkyl halides is 2. The lowest BCUT2D eigenvalue weighted by Crippen LogP contribution is -2.51. The summed E-state index contributed by atoms with van der Waals surface area (Å²) in [5, 5.41) is 0. The first-order valence-electron chi connectivity index (χ1n) is 8.99. The van der Waals surface area contributed by atoms with E-state index in [1.165, 1.54) is 5.57 Å². The zero-order chi connectivity index (χ0) is 15.5. The maximum Gasteiger partial charge on any atom is 0.244 e. The number of rotatable bonds is 1. The van der Waals surface area contributed by atoms with Crippen LogP contribution in [0.3, 0.4) is 0 Å². The van der Waals surface area contributed by atoms with Gasteiger partial charge in [-0.15, -0.1) is 0 Å². The standard InChI is InChI=1S/C19H26F2O/c1-18-9-6-13(22)11-12(18)4-5-14-15(18)7-10-19(17(20)21)8-2-3-16(14)19/h11,14-17H,2-10H2,1H3/t14-,15+,16+,18+,19-/m1/s1. The highest BCUT2D eigenvalue weighted by atomic mass is 19.3. The Hall–Kier alpha value is -0.730. The molecule has 5 atom stereocenters. The molecule has 0 N–H and O–H groups in total. The summed E-state index contributed by atoms with van der Waals surface area (Å²) >= 11 is 0. The van der Waals surface area contributed by atoms with Crippen LogP contribution in [0.25, 0.3) is 0 Å². The molecule has 0 aromatic rings. The maximum absolute atomic E-state index is 13.8. The fourth-order valence-corrected chi connectivity index (χ4v) is 6.65. The zero-order valence-electron chi connectivity index (χ0n) is 13.4. The molecule has 4 rings (SSSR count). The minimum atomic E-state index is -2.15. The SMILES string of the molecule is C[C@]12CCC(=O)C=C1CC[C@H]1[C@@H]3CCC[C@@]3(C(F)F)CC[C@@H]12. The lowest BCUT2D eigenvalue weighted by atomic mass is 9.47. The van der Waals surface area contributed by atoms with Gasteiger partial charge in [0, 0.05) is 11.8 Å². The second-order valence-electron chi connectivity index (χ2n) is 8.43. The van der Waals surface area contributed by atoms with Crippen LogP contribution >= 0.6 is 0 Å². The monoisotopic (exact) mass is 308 g/mol. The molecule has 0 heterocycles. The first-order chi connectivity index (χ1) is 10.5. The van der Waals surface area contributed by atoms with Crippen molar-refractivity contribution >= 4 is 5.78 Å². The van der Waals surface area contributed by atoms with E-state index in [9.17, 15) is 13.6 Å². The first-order valence-corrected chi connectivity index (χ1v) is 8.99. The molecule has 0 amide bonds. The molecule has 0 bridgehead atoms. The number of carbonyl (C=O) groups excluding carboxylic acids is 1. The molecule has 0 saturated heterocycles. The fraction of sp³-hybridized carbons (Fsp3) is 0.842. The second-order valence-corrected chi connectivity index (χ2v) is 8.43. The van der Waals surface area contributed by atoms with Crippen molar-refractivity contribution in [3.8, 4) is 0 Å². The summed E-state index contributed by atoms with van der Waals surface area (Å²) in [5.41, 5.74) is 0.754. The van der Waals surface area contributed by atoms with Crippen LogP contribution in [0.1, 0.15) is 64.7 Å². The van der Waals surface area contributed by atoms with Crippen LogP contribution in [-0.2, 0) is 4.79 Å².